The third-order valence-corrected chi connectivity index (χ3v) is 5.23. The van der Waals surface area contributed by atoms with E-state index in [0.29, 0.717) is 16.8 Å². The van der Waals surface area contributed by atoms with Crippen LogP contribution in [0, 0.1) is 11.6 Å². The van der Waals surface area contributed by atoms with E-state index in [9.17, 15) is 18.4 Å². The number of carbonyl (C=O) groups is 2. The molecular formula is C26H20F2N2O5. The normalized spacial score (nSPS) is 10.6. The number of halogens is 2. The standard InChI is InChI=1S/C26H20F2N2O5/c1-33-25(31)21-23(29-30(24(21)26(32)34-2)17-10-4-3-5-11-17)18-12-7-6-9-16(18)15-35-20-14-8-13-19(27)22(20)28/h3-14H,15H2,1-2H3. The lowest BCUT2D eigenvalue weighted by molar-refractivity contribution is 0.0549. The minimum absolute atomic E-state index is 0.104. The third kappa shape index (κ3) is 4.61. The number of methoxy groups -OCH3 is 2. The molecule has 0 aliphatic rings. The Morgan fingerprint density at radius 2 is 1.54 bits per heavy atom. The quantitative estimate of drug-likeness (QED) is 0.349. The Balaban J connectivity index is 1.87. The monoisotopic (exact) mass is 478 g/mol. The maximum absolute atomic E-state index is 14.1. The maximum atomic E-state index is 14.1. The summed E-state index contributed by atoms with van der Waals surface area (Å²) in [6, 6.07) is 19.2. The van der Waals surface area contributed by atoms with Gasteiger partial charge in [-0.15, -0.1) is 0 Å². The van der Waals surface area contributed by atoms with E-state index >= 15 is 0 Å². The molecule has 0 unspecified atom stereocenters. The van der Waals surface area contributed by atoms with Crippen molar-refractivity contribution in [2.75, 3.05) is 14.2 Å². The van der Waals surface area contributed by atoms with Crippen molar-refractivity contribution in [3.8, 4) is 22.7 Å². The average molecular weight is 478 g/mol. The lowest BCUT2D eigenvalue weighted by Gasteiger charge is -2.11. The third-order valence-electron chi connectivity index (χ3n) is 5.23. The molecule has 7 nitrogen and oxygen atoms in total. The molecule has 35 heavy (non-hydrogen) atoms. The molecule has 3 aromatic carbocycles. The topological polar surface area (TPSA) is 79.7 Å². The van der Waals surface area contributed by atoms with E-state index in [1.54, 1.807) is 54.6 Å². The van der Waals surface area contributed by atoms with Crippen molar-refractivity contribution in [3.63, 3.8) is 0 Å². The second kappa shape index (κ2) is 10.2. The van der Waals surface area contributed by atoms with Crippen LogP contribution in [-0.2, 0) is 16.1 Å². The van der Waals surface area contributed by atoms with Crippen LogP contribution in [0.4, 0.5) is 8.78 Å². The molecule has 0 bridgehead atoms. The van der Waals surface area contributed by atoms with Gasteiger partial charge in [-0.3, -0.25) is 0 Å². The number of aromatic nitrogens is 2. The lowest BCUT2D eigenvalue weighted by atomic mass is 10.0. The molecule has 0 saturated carbocycles. The Labute approximate surface area is 199 Å². The maximum Gasteiger partial charge on any atom is 0.357 e. The summed E-state index contributed by atoms with van der Waals surface area (Å²) in [7, 11) is 2.38. The van der Waals surface area contributed by atoms with Crippen LogP contribution in [0.2, 0.25) is 0 Å². The summed E-state index contributed by atoms with van der Waals surface area (Å²) in [6.07, 6.45) is 0. The molecule has 4 aromatic rings. The number of hydrogen-bond donors (Lipinski definition) is 0. The summed E-state index contributed by atoms with van der Waals surface area (Å²) in [6.45, 7) is -0.164. The highest BCUT2D eigenvalue weighted by molar-refractivity contribution is 6.07. The molecule has 0 saturated heterocycles. The summed E-state index contributed by atoms with van der Waals surface area (Å²) in [5.41, 5.74) is 1.37. The van der Waals surface area contributed by atoms with Gasteiger partial charge in [0.2, 0.25) is 5.82 Å². The number of esters is 2. The number of ether oxygens (including phenoxy) is 3. The molecule has 1 heterocycles. The fourth-order valence-electron chi connectivity index (χ4n) is 3.57. The molecule has 0 atom stereocenters. The van der Waals surface area contributed by atoms with Gasteiger partial charge >= 0.3 is 11.9 Å². The van der Waals surface area contributed by atoms with Crippen molar-refractivity contribution in [2.45, 2.75) is 6.61 Å². The fraction of sp³-hybridized carbons (Fsp3) is 0.115. The molecule has 0 aliphatic carbocycles. The van der Waals surface area contributed by atoms with E-state index in [1.807, 2.05) is 0 Å². The molecule has 1 aromatic heterocycles. The van der Waals surface area contributed by atoms with Crippen LogP contribution in [-0.4, -0.2) is 35.9 Å². The first-order valence-electron chi connectivity index (χ1n) is 10.5. The average Bonchev–Trinajstić information content (AvgIpc) is 3.30. The predicted octanol–water partition coefficient (Wildman–Crippen LogP) is 4.97. The van der Waals surface area contributed by atoms with Gasteiger partial charge < -0.3 is 14.2 Å². The van der Waals surface area contributed by atoms with Gasteiger partial charge in [0.15, 0.2) is 17.3 Å². The molecule has 9 heteroatoms. The highest BCUT2D eigenvalue weighted by Gasteiger charge is 2.32. The van der Waals surface area contributed by atoms with E-state index in [2.05, 4.69) is 5.10 Å². The van der Waals surface area contributed by atoms with Gasteiger partial charge in [-0.05, 0) is 29.8 Å². The van der Waals surface area contributed by atoms with Gasteiger partial charge in [0.05, 0.1) is 19.9 Å². The molecule has 0 spiro atoms. The van der Waals surface area contributed by atoms with Crippen LogP contribution >= 0.6 is 0 Å². The first-order chi connectivity index (χ1) is 17.0. The van der Waals surface area contributed by atoms with Crippen molar-refractivity contribution >= 4 is 11.9 Å². The fourth-order valence-corrected chi connectivity index (χ4v) is 3.57. The van der Waals surface area contributed by atoms with Gasteiger partial charge in [-0.1, -0.05) is 48.5 Å². The van der Waals surface area contributed by atoms with E-state index < -0.39 is 23.6 Å². The Hall–Kier alpha value is -4.53. The summed E-state index contributed by atoms with van der Waals surface area (Å²) >= 11 is 0. The summed E-state index contributed by atoms with van der Waals surface area (Å²) in [5, 5.41) is 4.56. The van der Waals surface area contributed by atoms with Crippen molar-refractivity contribution in [2.24, 2.45) is 0 Å². The first kappa shape index (κ1) is 23.6. The summed E-state index contributed by atoms with van der Waals surface area (Å²) in [5.74, 6) is -3.99. The van der Waals surface area contributed by atoms with Crippen LogP contribution in [0.1, 0.15) is 26.4 Å². The zero-order valence-corrected chi connectivity index (χ0v) is 18.8. The SMILES string of the molecule is COC(=O)c1c(-c2ccccc2COc2cccc(F)c2F)nn(-c2ccccc2)c1C(=O)OC. The van der Waals surface area contributed by atoms with E-state index in [4.69, 9.17) is 14.2 Å². The highest BCUT2D eigenvalue weighted by Crippen LogP contribution is 2.32. The minimum atomic E-state index is -1.11. The Bertz CT molecular complexity index is 1390. The van der Waals surface area contributed by atoms with Crippen molar-refractivity contribution in [3.05, 3.63) is 101 Å². The molecule has 0 N–H and O–H groups in total. The largest absolute Gasteiger partial charge is 0.486 e. The van der Waals surface area contributed by atoms with Crippen LogP contribution in [0.15, 0.2) is 72.8 Å². The number of rotatable bonds is 7. The predicted molar refractivity (Wildman–Crippen MR) is 122 cm³/mol. The Kier molecular flexibility index (Phi) is 6.86. The van der Waals surface area contributed by atoms with Crippen LogP contribution in [0.5, 0.6) is 5.75 Å². The number of carbonyl (C=O) groups excluding carboxylic acids is 2. The molecule has 4 rings (SSSR count). The Morgan fingerprint density at radius 1 is 0.857 bits per heavy atom. The van der Waals surface area contributed by atoms with E-state index in [1.165, 1.54) is 31.0 Å². The molecule has 0 amide bonds. The van der Waals surface area contributed by atoms with Crippen LogP contribution in [0.25, 0.3) is 16.9 Å². The number of benzene rings is 3. The first-order valence-corrected chi connectivity index (χ1v) is 10.5. The number of nitrogens with zero attached hydrogens (tertiary/aromatic N) is 2. The zero-order chi connectivity index (χ0) is 24.9. The van der Waals surface area contributed by atoms with Crippen LogP contribution in [0.3, 0.4) is 0 Å². The van der Waals surface area contributed by atoms with Crippen molar-refractivity contribution < 1.29 is 32.6 Å². The van der Waals surface area contributed by atoms with E-state index in [-0.39, 0.29) is 29.3 Å². The molecule has 0 fully saturated rings. The van der Waals surface area contributed by atoms with Gasteiger partial charge in [-0.25, -0.2) is 18.7 Å². The second-order valence-electron chi connectivity index (χ2n) is 7.30. The number of hydrogen-bond acceptors (Lipinski definition) is 6. The Morgan fingerprint density at radius 3 is 2.26 bits per heavy atom. The molecular weight excluding hydrogens is 458 g/mol. The molecule has 0 aliphatic heterocycles. The van der Waals surface area contributed by atoms with Gasteiger partial charge in [0.25, 0.3) is 0 Å². The van der Waals surface area contributed by atoms with Gasteiger partial charge in [0, 0.05) is 5.56 Å². The lowest BCUT2D eigenvalue weighted by Crippen LogP contribution is -2.15. The van der Waals surface area contributed by atoms with Crippen LogP contribution < -0.4 is 4.74 Å². The smallest absolute Gasteiger partial charge is 0.357 e. The van der Waals surface area contributed by atoms with Gasteiger partial charge in [0.1, 0.15) is 17.9 Å². The highest BCUT2D eigenvalue weighted by atomic mass is 19.2. The van der Waals surface area contributed by atoms with Crippen molar-refractivity contribution in [1.29, 1.82) is 0 Å². The zero-order valence-electron chi connectivity index (χ0n) is 18.8. The van der Waals surface area contributed by atoms with E-state index in [0.717, 1.165) is 6.07 Å². The molecule has 178 valence electrons. The minimum Gasteiger partial charge on any atom is -0.486 e. The number of para-hydroxylation sites is 1. The second-order valence-corrected chi connectivity index (χ2v) is 7.30. The summed E-state index contributed by atoms with van der Waals surface area (Å²) < 4.78 is 44.4. The van der Waals surface area contributed by atoms with Crippen molar-refractivity contribution in [1.82, 2.24) is 9.78 Å². The molecule has 0 radical (unpaired) electrons. The summed E-state index contributed by atoms with van der Waals surface area (Å²) in [4.78, 5) is 25.6. The van der Waals surface area contributed by atoms with Gasteiger partial charge in [-0.2, -0.15) is 9.49 Å².